The predicted octanol–water partition coefficient (Wildman–Crippen LogP) is 2.32. The van der Waals surface area contributed by atoms with E-state index in [9.17, 15) is 13.2 Å². The lowest BCUT2D eigenvalue weighted by molar-refractivity contribution is -0.119. The van der Waals surface area contributed by atoms with Crippen molar-refractivity contribution in [3.05, 3.63) is 42.1 Å². The summed E-state index contributed by atoms with van der Waals surface area (Å²) in [6.07, 6.45) is 4.02. The minimum atomic E-state index is -3.58. The molecule has 7 heteroatoms. The third kappa shape index (κ3) is 4.44. The van der Waals surface area contributed by atoms with Crippen LogP contribution < -0.4 is 5.32 Å². The van der Waals surface area contributed by atoms with Gasteiger partial charge in [0.25, 0.3) is 0 Å². The number of carbonyl (C=O) groups is 1. The van der Waals surface area contributed by atoms with E-state index >= 15 is 0 Å². The fourth-order valence-corrected chi connectivity index (χ4v) is 4.11. The van der Waals surface area contributed by atoms with Gasteiger partial charge in [0.1, 0.15) is 5.75 Å². The fourth-order valence-electron chi connectivity index (χ4n) is 2.93. The van der Waals surface area contributed by atoms with Gasteiger partial charge in [-0.2, -0.15) is 0 Å². The lowest BCUT2D eigenvalue weighted by Gasteiger charge is -2.11. The maximum absolute atomic E-state index is 12.2. The first-order valence-electron chi connectivity index (χ1n) is 8.03. The molecule has 1 aliphatic carbocycles. The van der Waals surface area contributed by atoms with E-state index in [1.54, 1.807) is 6.07 Å². The van der Waals surface area contributed by atoms with Crippen molar-refractivity contribution in [1.82, 2.24) is 10.5 Å². The average Bonchev–Trinajstić information content (AvgIpc) is 3.19. The van der Waals surface area contributed by atoms with Gasteiger partial charge in [-0.15, -0.1) is 0 Å². The van der Waals surface area contributed by atoms with Gasteiger partial charge in [-0.1, -0.05) is 48.3 Å². The van der Waals surface area contributed by atoms with Gasteiger partial charge >= 0.3 is 0 Å². The van der Waals surface area contributed by atoms with Crippen molar-refractivity contribution < 1.29 is 17.7 Å². The first kappa shape index (κ1) is 16.7. The Kier molecular flexibility index (Phi) is 4.99. The number of sulfone groups is 1. The van der Waals surface area contributed by atoms with Gasteiger partial charge in [-0.05, 0) is 12.8 Å². The molecule has 0 unspecified atom stereocenters. The van der Waals surface area contributed by atoms with Crippen molar-refractivity contribution in [2.45, 2.75) is 37.5 Å². The van der Waals surface area contributed by atoms with Gasteiger partial charge in [-0.3, -0.25) is 4.79 Å². The molecule has 0 bridgehead atoms. The number of carbonyl (C=O) groups excluding carboxylic acids is 1. The minimum Gasteiger partial charge on any atom is -0.356 e. The molecule has 1 saturated carbocycles. The summed E-state index contributed by atoms with van der Waals surface area (Å²) in [5.41, 5.74) is 1.13. The number of hydrogen-bond donors (Lipinski definition) is 1. The Morgan fingerprint density at radius 1 is 1.21 bits per heavy atom. The van der Waals surface area contributed by atoms with Crippen molar-refractivity contribution >= 4 is 15.7 Å². The van der Waals surface area contributed by atoms with Crippen LogP contribution in [0.15, 0.2) is 40.9 Å². The largest absolute Gasteiger partial charge is 0.356 e. The highest BCUT2D eigenvalue weighted by molar-refractivity contribution is 7.91. The Morgan fingerprint density at radius 3 is 2.62 bits per heavy atom. The Hall–Kier alpha value is -2.15. The highest BCUT2D eigenvalue weighted by atomic mass is 32.2. The molecule has 1 fully saturated rings. The van der Waals surface area contributed by atoms with E-state index in [-0.39, 0.29) is 11.8 Å². The molecule has 6 nitrogen and oxygen atoms in total. The Morgan fingerprint density at radius 2 is 1.92 bits per heavy atom. The van der Waals surface area contributed by atoms with Crippen molar-refractivity contribution in [2.75, 3.05) is 5.75 Å². The number of hydrogen-bond acceptors (Lipinski definition) is 5. The first-order valence-corrected chi connectivity index (χ1v) is 9.85. The maximum Gasteiger partial charge on any atom is 0.235 e. The molecule has 2 aromatic rings. The monoisotopic (exact) mass is 348 g/mol. The molecule has 0 saturated heterocycles. The summed E-state index contributed by atoms with van der Waals surface area (Å²) >= 11 is 0. The summed E-state index contributed by atoms with van der Waals surface area (Å²) < 4.78 is 29.6. The molecule has 1 N–H and O–H groups in total. The molecule has 128 valence electrons. The molecular formula is C17H20N2O4S. The summed E-state index contributed by atoms with van der Waals surface area (Å²) in [6.45, 7) is 0. The van der Waals surface area contributed by atoms with Crippen LogP contribution in [0.5, 0.6) is 0 Å². The van der Waals surface area contributed by atoms with Crippen LogP contribution in [0, 0.1) is 0 Å². The number of amides is 1. The zero-order valence-electron chi connectivity index (χ0n) is 13.3. The second-order valence-electron chi connectivity index (χ2n) is 6.13. The van der Waals surface area contributed by atoms with E-state index in [1.807, 2.05) is 30.3 Å². The van der Waals surface area contributed by atoms with Crippen LogP contribution in [0.2, 0.25) is 0 Å². The lowest BCUT2D eigenvalue weighted by Crippen LogP contribution is -2.37. The van der Waals surface area contributed by atoms with Crippen LogP contribution >= 0.6 is 0 Å². The summed E-state index contributed by atoms with van der Waals surface area (Å²) in [6, 6.07) is 11.0. The van der Waals surface area contributed by atoms with Crippen molar-refractivity contribution in [3.8, 4) is 11.3 Å². The molecule has 1 heterocycles. The van der Waals surface area contributed by atoms with Crippen molar-refractivity contribution in [3.63, 3.8) is 0 Å². The van der Waals surface area contributed by atoms with Crippen LogP contribution in [0.3, 0.4) is 0 Å². The summed E-state index contributed by atoms with van der Waals surface area (Å²) in [4.78, 5) is 11.9. The molecular weight excluding hydrogens is 328 g/mol. The zero-order chi connectivity index (χ0) is 17.0. The topological polar surface area (TPSA) is 89.3 Å². The zero-order valence-corrected chi connectivity index (χ0v) is 14.1. The molecule has 0 spiro atoms. The number of nitrogens with zero attached hydrogens (tertiary/aromatic N) is 1. The molecule has 24 heavy (non-hydrogen) atoms. The highest BCUT2D eigenvalue weighted by Gasteiger charge is 2.23. The van der Waals surface area contributed by atoms with Gasteiger partial charge < -0.3 is 9.84 Å². The van der Waals surface area contributed by atoms with E-state index in [0.29, 0.717) is 11.5 Å². The first-order chi connectivity index (χ1) is 11.5. The highest BCUT2D eigenvalue weighted by Crippen LogP contribution is 2.21. The van der Waals surface area contributed by atoms with Crippen LogP contribution in [-0.4, -0.2) is 31.3 Å². The average molecular weight is 348 g/mol. The number of aromatic nitrogens is 1. The summed E-state index contributed by atoms with van der Waals surface area (Å²) in [5.74, 6) is -0.747. The van der Waals surface area contributed by atoms with Gasteiger partial charge in [0.2, 0.25) is 5.91 Å². The number of nitrogens with one attached hydrogen (secondary N) is 1. The van der Waals surface area contributed by atoms with Gasteiger partial charge in [0.05, 0.1) is 11.4 Å². The fraction of sp³-hybridized carbons (Fsp3) is 0.412. The molecule has 1 amide bonds. The van der Waals surface area contributed by atoms with E-state index in [1.165, 1.54) is 0 Å². The Bertz CT molecular complexity index is 793. The molecule has 1 aliphatic rings. The van der Waals surface area contributed by atoms with E-state index in [4.69, 9.17) is 4.52 Å². The Labute approximate surface area is 141 Å². The van der Waals surface area contributed by atoms with E-state index in [2.05, 4.69) is 10.5 Å². The quantitative estimate of drug-likeness (QED) is 0.865. The second-order valence-corrected chi connectivity index (χ2v) is 8.19. The lowest BCUT2D eigenvalue weighted by atomic mass is 10.2. The van der Waals surface area contributed by atoms with E-state index in [0.717, 1.165) is 31.2 Å². The van der Waals surface area contributed by atoms with Crippen molar-refractivity contribution in [1.29, 1.82) is 0 Å². The SMILES string of the molecule is O=C(CS(=O)(=O)Cc1cc(-c2ccccc2)on1)NC1CCCC1. The molecule has 3 rings (SSSR count). The number of rotatable bonds is 6. The smallest absolute Gasteiger partial charge is 0.235 e. The normalized spacial score (nSPS) is 15.5. The van der Waals surface area contributed by atoms with Gasteiger partial charge in [0, 0.05) is 17.7 Å². The molecule has 0 radical (unpaired) electrons. The standard InChI is InChI=1S/C17H20N2O4S/c20-17(18-14-8-4-5-9-14)12-24(21,22)11-15-10-16(23-19-15)13-6-2-1-3-7-13/h1-3,6-7,10,14H,4-5,8-9,11-12H2,(H,18,20). The van der Waals surface area contributed by atoms with Crippen LogP contribution in [0.4, 0.5) is 0 Å². The third-order valence-electron chi connectivity index (χ3n) is 4.06. The van der Waals surface area contributed by atoms with Crippen LogP contribution in [0.25, 0.3) is 11.3 Å². The Balaban J connectivity index is 1.60. The molecule has 0 atom stereocenters. The van der Waals surface area contributed by atoms with Gasteiger partial charge in [-0.25, -0.2) is 8.42 Å². The number of benzene rings is 1. The van der Waals surface area contributed by atoms with Crippen LogP contribution in [-0.2, 0) is 20.4 Å². The maximum atomic E-state index is 12.2. The summed E-state index contributed by atoms with van der Waals surface area (Å²) in [7, 11) is -3.58. The second kappa shape index (κ2) is 7.17. The summed E-state index contributed by atoms with van der Waals surface area (Å²) in [5, 5.41) is 6.59. The van der Waals surface area contributed by atoms with Crippen molar-refractivity contribution in [2.24, 2.45) is 0 Å². The molecule has 0 aliphatic heterocycles. The minimum absolute atomic E-state index is 0.115. The third-order valence-corrected chi connectivity index (χ3v) is 5.49. The molecule has 1 aromatic carbocycles. The van der Waals surface area contributed by atoms with Gasteiger partial charge in [0.15, 0.2) is 15.6 Å². The van der Waals surface area contributed by atoms with E-state index < -0.39 is 21.5 Å². The molecule has 1 aromatic heterocycles. The predicted molar refractivity (Wildman–Crippen MR) is 89.8 cm³/mol. The van der Waals surface area contributed by atoms with Crippen LogP contribution in [0.1, 0.15) is 31.4 Å².